The van der Waals surface area contributed by atoms with Crippen LogP contribution in [0.1, 0.15) is 17.7 Å². The van der Waals surface area contributed by atoms with E-state index < -0.39 is 0 Å². The Morgan fingerprint density at radius 3 is 2.92 bits per heavy atom. The summed E-state index contributed by atoms with van der Waals surface area (Å²) in [5.74, 6) is 0.684. The number of thiazole rings is 1. The Labute approximate surface area is 80.5 Å². The summed E-state index contributed by atoms with van der Waals surface area (Å²) in [4.78, 5) is 9.75. The SMILES string of the molecule is CCc1cnc(-c2coc(C)n2)s1. The predicted octanol–water partition coefficient (Wildman–Crippen LogP) is 2.67. The largest absolute Gasteiger partial charge is 0.449 e. The van der Waals surface area contributed by atoms with Gasteiger partial charge in [0, 0.05) is 18.0 Å². The monoisotopic (exact) mass is 194 g/mol. The highest BCUT2D eigenvalue weighted by atomic mass is 32.1. The molecule has 0 unspecified atom stereocenters. The van der Waals surface area contributed by atoms with E-state index in [0.717, 1.165) is 17.1 Å². The molecular formula is C9H10N2OS. The van der Waals surface area contributed by atoms with E-state index in [2.05, 4.69) is 16.9 Å². The van der Waals surface area contributed by atoms with Gasteiger partial charge in [0.25, 0.3) is 0 Å². The van der Waals surface area contributed by atoms with E-state index in [1.807, 2.05) is 13.1 Å². The molecule has 0 aliphatic heterocycles. The van der Waals surface area contributed by atoms with Gasteiger partial charge >= 0.3 is 0 Å². The lowest BCUT2D eigenvalue weighted by atomic mass is 10.4. The molecule has 0 saturated heterocycles. The summed E-state index contributed by atoms with van der Waals surface area (Å²) in [6.07, 6.45) is 4.56. The van der Waals surface area contributed by atoms with Crippen LogP contribution >= 0.6 is 11.3 Å². The first-order chi connectivity index (χ1) is 6.29. The third-order valence-electron chi connectivity index (χ3n) is 1.74. The first-order valence-corrected chi connectivity index (χ1v) is 4.98. The molecule has 0 saturated carbocycles. The van der Waals surface area contributed by atoms with Crippen molar-refractivity contribution in [1.82, 2.24) is 9.97 Å². The molecular weight excluding hydrogens is 184 g/mol. The van der Waals surface area contributed by atoms with Crippen molar-refractivity contribution in [2.75, 3.05) is 0 Å². The molecule has 0 amide bonds. The van der Waals surface area contributed by atoms with Gasteiger partial charge in [-0.05, 0) is 6.42 Å². The van der Waals surface area contributed by atoms with Gasteiger partial charge in [-0.2, -0.15) is 0 Å². The van der Waals surface area contributed by atoms with Gasteiger partial charge < -0.3 is 4.42 Å². The minimum absolute atomic E-state index is 0.684. The van der Waals surface area contributed by atoms with Crippen LogP contribution in [0.15, 0.2) is 16.9 Å². The molecule has 4 heteroatoms. The second-order valence-corrected chi connectivity index (χ2v) is 3.85. The first-order valence-electron chi connectivity index (χ1n) is 4.17. The topological polar surface area (TPSA) is 38.9 Å². The molecule has 0 spiro atoms. The lowest BCUT2D eigenvalue weighted by Gasteiger charge is -1.83. The quantitative estimate of drug-likeness (QED) is 0.737. The summed E-state index contributed by atoms with van der Waals surface area (Å²) in [6, 6.07) is 0. The molecule has 0 bridgehead atoms. The zero-order valence-corrected chi connectivity index (χ0v) is 8.39. The molecule has 0 N–H and O–H groups in total. The molecule has 2 rings (SSSR count). The number of rotatable bonds is 2. The molecule has 2 aromatic heterocycles. The molecule has 68 valence electrons. The summed E-state index contributed by atoms with van der Waals surface area (Å²) in [7, 11) is 0. The zero-order chi connectivity index (χ0) is 9.26. The maximum Gasteiger partial charge on any atom is 0.191 e. The average molecular weight is 194 g/mol. The highest BCUT2D eigenvalue weighted by Gasteiger charge is 2.07. The van der Waals surface area contributed by atoms with Gasteiger partial charge in [0.05, 0.1) is 0 Å². The smallest absolute Gasteiger partial charge is 0.191 e. The van der Waals surface area contributed by atoms with Crippen LogP contribution in [0.5, 0.6) is 0 Å². The molecule has 3 nitrogen and oxygen atoms in total. The Morgan fingerprint density at radius 2 is 2.38 bits per heavy atom. The minimum Gasteiger partial charge on any atom is -0.449 e. The third kappa shape index (κ3) is 1.62. The van der Waals surface area contributed by atoms with E-state index in [0.29, 0.717) is 5.89 Å². The van der Waals surface area contributed by atoms with E-state index in [9.17, 15) is 0 Å². The number of hydrogen-bond donors (Lipinski definition) is 0. The maximum atomic E-state index is 5.12. The number of aromatic nitrogens is 2. The van der Waals surface area contributed by atoms with Gasteiger partial charge in [0.2, 0.25) is 0 Å². The second kappa shape index (κ2) is 3.30. The van der Waals surface area contributed by atoms with Gasteiger partial charge in [-0.25, -0.2) is 9.97 Å². The summed E-state index contributed by atoms with van der Waals surface area (Å²) in [5.41, 5.74) is 0.835. The van der Waals surface area contributed by atoms with Gasteiger partial charge in [0.15, 0.2) is 5.89 Å². The maximum absolute atomic E-state index is 5.12. The molecule has 0 fully saturated rings. The highest BCUT2D eigenvalue weighted by molar-refractivity contribution is 7.14. The summed E-state index contributed by atoms with van der Waals surface area (Å²) in [6.45, 7) is 3.95. The fourth-order valence-electron chi connectivity index (χ4n) is 1.05. The van der Waals surface area contributed by atoms with E-state index in [1.165, 1.54) is 4.88 Å². The Bertz CT molecular complexity index is 405. The Hall–Kier alpha value is -1.16. The van der Waals surface area contributed by atoms with Crippen molar-refractivity contribution >= 4 is 11.3 Å². The van der Waals surface area contributed by atoms with Crippen LogP contribution in [0, 0.1) is 6.92 Å². The van der Waals surface area contributed by atoms with Crippen molar-refractivity contribution in [1.29, 1.82) is 0 Å². The molecule has 0 aliphatic carbocycles. The summed E-state index contributed by atoms with van der Waals surface area (Å²) in [5, 5.41) is 0.939. The average Bonchev–Trinajstić information content (AvgIpc) is 2.71. The zero-order valence-electron chi connectivity index (χ0n) is 7.57. The Morgan fingerprint density at radius 1 is 1.54 bits per heavy atom. The van der Waals surface area contributed by atoms with Crippen LogP contribution < -0.4 is 0 Å². The normalized spacial score (nSPS) is 10.6. The standard InChI is InChI=1S/C9H10N2OS/c1-3-7-4-10-9(13-7)8-5-12-6(2)11-8/h4-5H,3H2,1-2H3. The number of hydrogen-bond acceptors (Lipinski definition) is 4. The van der Waals surface area contributed by atoms with Gasteiger partial charge in [0.1, 0.15) is 17.0 Å². The van der Waals surface area contributed by atoms with Crippen molar-refractivity contribution < 1.29 is 4.42 Å². The van der Waals surface area contributed by atoms with Crippen LogP contribution in [0.2, 0.25) is 0 Å². The lowest BCUT2D eigenvalue weighted by molar-refractivity contribution is 0.521. The van der Waals surface area contributed by atoms with E-state index in [4.69, 9.17) is 4.42 Å². The fourth-order valence-corrected chi connectivity index (χ4v) is 1.85. The number of oxazole rings is 1. The van der Waals surface area contributed by atoms with Crippen LogP contribution in [-0.2, 0) is 6.42 Å². The van der Waals surface area contributed by atoms with Crippen LogP contribution in [0.4, 0.5) is 0 Å². The Kier molecular flexibility index (Phi) is 2.14. The van der Waals surface area contributed by atoms with E-state index >= 15 is 0 Å². The van der Waals surface area contributed by atoms with Gasteiger partial charge in [-0.3, -0.25) is 0 Å². The van der Waals surface area contributed by atoms with Crippen molar-refractivity contribution in [3.05, 3.63) is 23.2 Å². The van der Waals surface area contributed by atoms with Crippen molar-refractivity contribution in [2.24, 2.45) is 0 Å². The predicted molar refractivity (Wildman–Crippen MR) is 51.7 cm³/mol. The third-order valence-corrected chi connectivity index (χ3v) is 2.90. The molecule has 2 heterocycles. The van der Waals surface area contributed by atoms with Gasteiger partial charge in [-0.15, -0.1) is 11.3 Å². The van der Waals surface area contributed by atoms with Gasteiger partial charge in [-0.1, -0.05) is 6.92 Å². The molecule has 0 radical (unpaired) electrons. The van der Waals surface area contributed by atoms with E-state index in [-0.39, 0.29) is 0 Å². The van der Waals surface area contributed by atoms with Crippen LogP contribution in [0.25, 0.3) is 10.7 Å². The highest BCUT2D eigenvalue weighted by Crippen LogP contribution is 2.24. The molecule has 0 aromatic carbocycles. The molecule has 0 aliphatic rings. The Balaban J connectivity index is 2.35. The van der Waals surface area contributed by atoms with E-state index in [1.54, 1.807) is 17.6 Å². The minimum atomic E-state index is 0.684. The fraction of sp³-hybridized carbons (Fsp3) is 0.333. The lowest BCUT2D eigenvalue weighted by Crippen LogP contribution is -1.74. The molecule has 2 aromatic rings. The summed E-state index contributed by atoms with van der Waals surface area (Å²) >= 11 is 1.67. The number of aryl methyl sites for hydroxylation is 2. The van der Waals surface area contributed by atoms with Crippen molar-refractivity contribution in [3.8, 4) is 10.7 Å². The first kappa shape index (κ1) is 8.44. The van der Waals surface area contributed by atoms with Crippen LogP contribution in [0.3, 0.4) is 0 Å². The van der Waals surface area contributed by atoms with Crippen LogP contribution in [-0.4, -0.2) is 9.97 Å². The number of nitrogens with zero attached hydrogens (tertiary/aromatic N) is 2. The molecule has 0 atom stereocenters. The second-order valence-electron chi connectivity index (χ2n) is 2.74. The summed E-state index contributed by atoms with van der Waals surface area (Å²) < 4.78 is 5.12. The van der Waals surface area contributed by atoms with Crippen molar-refractivity contribution in [2.45, 2.75) is 20.3 Å². The molecule has 13 heavy (non-hydrogen) atoms. The van der Waals surface area contributed by atoms with Crippen molar-refractivity contribution in [3.63, 3.8) is 0 Å².